The van der Waals surface area contributed by atoms with Crippen molar-refractivity contribution in [2.75, 3.05) is 13.1 Å². The molecule has 26 heavy (non-hydrogen) atoms. The van der Waals surface area contributed by atoms with E-state index in [0.717, 1.165) is 49.3 Å². The van der Waals surface area contributed by atoms with Gasteiger partial charge in [0.2, 0.25) is 0 Å². The maximum absolute atomic E-state index is 11.6. The van der Waals surface area contributed by atoms with E-state index >= 15 is 0 Å². The van der Waals surface area contributed by atoms with Gasteiger partial charge in [0, 0.05) is 37.7 Å². The molecule has 1 aromatic heterocycles. The van der Waals surface area contributed by atoms with Gasteiger partial charge in [0.15, 0.2) is 0 Å². The molecular weight excluding hydrogens is 324 g/mol. The lowest BCUT2D eigenvalue weighted by Gasteiger charge is -2.52. The van der Waals surface area contributed by atoms with E-state index in [-0.39, 0.29) is 11.8 Å². The molecule has 1 saturated heterocycles. The summed E-state index contributed by atoms with van der Waals surface area (Å²) in [6.07, 6.45) is 5.08. The minimum atomic E-state index is -0.795. The van der Waals surface area contributed by atoms with E-state index in [2.05, 4.69) is 22.0 Å². The Hall–Kier alpha value is -1.91. The number of rotatable bonds is 3. The maximum atomic E-state index is 11.6. The van der Waals surface area contributed by atoms with Crippen LogP contribution in [0, 0.1) is 25.7 Å². The summed E-state index contributed by atoms with van der Waals surface area (Å²) < 4.78 is 0. The summed E-state index contributed by atoms with van der Waals surface area (Å²) in [6.45, 7) is 6.56. The molecule has 3 atom stereocenters. The van der Waals surface area contributed by atoms with Crippen molar-refractivity contribution >= 4 is 0 Å². The van der Waals surface area contributed by atoms with Gasteiger partial charge in [0.05, 0.1) is 5.69 Å². The van der Waals surface area contributed by atoms with Gasteiger partial charge in [0.25, 0.3) is 0 Å². The van der Waals surface area contributed by atoms with Crippen LogP contribution < -0.4 is 0 Å². The fourth-order valence-electron chi connectivity index (χ4n) is 5.08. The second kappa shape index (κ2) is 6.67. The smallest absolute Gasteiger partial charge is 0.121 e. The van der Waals surface area contributed by atoms with Gasteiger partial charge in [-0.05, 0) is 55.5 Å². The van der Waals surface area contributed by atoms with Crippen LogP contribution in [0.2, 0.25) is 0 Å². The number of aromatic nitrogens is 1. The SMILES string of the molecule is Cc1cc(CN2C[C@H]3CCC[C@@H](C2)C3(O)c2ccccn2)cc(C)c1O. The molecule has 4 heteroatoms. The molecule has 4 nitrogen and oxygen atoms in total. The molecule has 2 aliphatic rings. The number of aliphatic hydroxyl groups is 1. The van der Waals surface area contributed by atoms with Gasteiger partial charge in [-0.2, -0.15) is 0 Å². The number of nitrogens with zero attached hydrogens (tertiary/aromatic N) is 2. The third-order valence-electron chi connectivity index (χ3n) is 6.34. The molecule has 1 saturated carbocycles. The van der Waals surface area contributed by atoms with Gasteiger partial charge in [-0.3, -0.25) is 9.88 Å². The van der Waals surface area contributed by atoms with Crippen molar-refractivity contribution in [1.82, 2.24) is 9.88 Å². The molecule has 2 N–H and O–H groups in total. The van der Waals surface area contributed by atoms with Crippen molar-refractivity contribution in [3.63, 3.8) is 0 Å². The molecule has 1 aliphatic carbocycles. The van der Waals surface area contributed by atoms with Gasteiger partial charge in [-0.15, -0.1) is 0 Å². The minimum Gasteiger partial charge on any atom is -0.507 e. The number of hydrogen-bond donors (Lipinski definition) is 2. The van der Waals surface area contributed by atoms with Crippen molar-refractivity contribution in [2.24, 2.45) is 11.8 Å². The monoisotopic (exact) mass is 352 g/mol. The molecular formula is C22H28N2O2. The molecule has 2 fully saturated rings. The Labute approximate surface area is 155 Å². The molecule has 1 aliphatic heterocycles. The van der Waals surface area contributed by atoms with Crippen molar-refractivity contribution in [1.29, 1.82) is 0 Å². The number of piperidine rings is 1. The Morgan fingerprint density at radius 1 is 1.12 bits per heavy atom. The number of phenolic OH excluding ortho intramolecular Hbond substituents is 1. The molecule has 0 spiro atoms. The Balaban J connectivity index is 1.57. The van der Waals surface area contributed by atoms with E-state index in [1.165, 1.54) is 12.0 Å². The summed E-state index contributed by atoms with van der Waals surface area (Å²) in [4.78, 5) is 6.97. The zero-order valence-electron chi connectivity index (χ0n) is 15.7. The quantitative estimate of drug-likeness (QED) is 0.887. The number of aromatic hydroxyl groups is 1. The van der Waals surface area contributed by atoms with E-state index < -0.39 is 5.60 Å². The summed E-state index contributed by atoms with van der Waals surface area (Å²) in [7, 11) is 0. The maximum Gasteiger partial charge on any atom is 0.121 e. The predicted molar refractivity (Wildman–Crippen MR) is 102 cm³/mol. The van der Waals surface area contributed by atoms with E-state index in [1.807, 2.05) is 32.0 Å². The number of aryl methyl sites for hydroxylation is 2. The summed E-state index contributed by atoms with van der Waals surface area (Å²) in [5, 5.41) is 21.6. The summed E-state index contributed by atoms with van der Waals surface area (Å²) in [6, 6.07) is 10.0. The summed E-state index contributed by atoms with van der Waals surface area (Å²) in [5.74, 6) is 0.849. The fraction of sp³-hybridized carbons (Fsp3) is 0.500. The molecule has 2 bridgehead atoms. The predicted octanol–water partition coefficient (Wildman–Crippen LogP) is 3.52. The number of phenols is 1. The van der Waals surface area contributed by atoms with E-state index in [0.29, 0.717) is 5.75 Å². The van der Waals surface area contributed by atoms with Gasteiger partial charge >= 0.3 is 0 Å². The van der Waals surface area contributed by atoms with Crippen LogP contribution in [0.1, 0.15) is 41.6 Å². The Bertz CT molecular complexity index is 753. The number of benzene rings is 1. The lowest BCUT2D eigenvalue weighted by molar-refractivity contribution is -0.151. The number of fused-ring (bicyclic) bond motifs is 2. The number of likely N-dealkylation sites (tertiary alicyclic amines) is 1. The highest BCUT2D eigenvalue weighted by Gasteiger charge is 2.52. The highest BCUT2D eigenvalue weighted by atomic mass is 16.3. The van der Waals surface area contributed by atoms with Crippen LogP contribution in [-0.2, 0) is 12.1 Å². The first-order valence-electron chi connectivity index (χ1n) is 9.63. The van der Waals surface area contributed by atoms with Gasteiger partial charge < -0.3 is 10.2 Å². The zero-order valence-corrected chi connectivity index (χ0v) is 15.7. The lowest BCUT2D eigenvalue weighted by atomic mass is 9.64. The molecule has 0 radical (unpaired) electrons. The van der Waals surface area contributed by atoms with Crippen LogP contribution in [0.15, 0.2) is 36.5 Å². The first-order chi connectivity index (χ1) is 12.5. The van der Waals surface area contributed by atoms with Gasteiger partial charge in [-0.25, -0.2) is 0 Å². The lowest BCUT2D eigenvalue weighted by Crippen LogP contribution is -2.58. The van der Waals surface area contributed by atoms with Crippen LogP contribution in [0.4, 0.5) is 0 Å². The standard InChI is InChI=1S/C22H28N2O2/c1-15-10-17(11-16(2)21(15)25)12-24-13-18-6-5-7-19(14-24)22(18,26)20-8-3-4-9-23-20/h3-4,8-11,18-19,25-26H,5-7,12-14H2,1-2H3/t18-,19+,22?. The molecule has 1 unspecified atom stereocenters. The van der Waals surface area contributed by atoms with Crippen molar-refractivity contribution in [3.05, 3.63) is 58.9 Å². The average Bonchev–Trinajstić information content (AvgIpc) is 2.61. The molecule has 1 aromatic carbocycles. The molecule has 0 amide bonds. The molecule has 4 rings (SSSR count). The third kappa shape index (κ3) is 2.91. The number of hydrogen-bond acceptors (Lipinski definition) is 4. The second-order valence-electron chi connectivity index (χ2n) is 8.14. The Kier molecular flexibility index (Phi) is 4.49. The van der Waals surface area contributed by atoms with Gasteiger partial charge in [0.1, 0.15) is 11.4 Å². The molecule has 2 aromatic rings. The fourth-order valence-corrected chi connectivity index (χ4v) is 5.08. The highest BCUT2D eigenvalue weighted by molar-refractivity contribution is 5.42. The average molecular weight is 352 g/mol. The van der Waals surface area contributed by atoms with Crippen LogP contribution in [0.25, 0.3) is 0 Å². The first-order valence-corrected chi connectivity index (χ1v) is 9.63. The Morgan fingerprint density at radius 2 is 1.77 bits per heavy atom. The van der Waals surface area contributed by atoms with Crippen LogP contribution in [0.3, 0.4) is 0 Å². The number of pyridine rings is 1. The van der Waals surface area contributed by atoms with Crippen LogP contribution in [0.5, 0.6) is 5.75 Å². The normalized spacial score (nSPS) is 28.9. The largest absolute Gasteiger partial charge is 0.507 e. The van der Waals surface area contributed by atoms with Crippen molar-refractivity contribution < 1.29 is 10.2 Å². The van der Waals surface area contributed by atoms with Crippen LogP contribution >= 0.6 is 0 Å². The van der Waals surface area contributed by atoms with Crippen molar-refractivity contribution in [3.8, 4) is 5.75 Å². The molecule has 2 heterocycles. The minimum absolute atomic E-state index is 0.226. The molecule has 138 valence electrons. The van der Waals surface area contributed by atoms with E-state index in [4.69, 9.17) is 0 Å². The van der Waals surface area contributed by atoms with Gasteiger partial charge in [-0.1, -0.05) is 24.6 Å². The van der Waals surface area contributed by atoms with E-state index in [9.17, 15) is 10.2 Å². The van der Waals surface area contributed by atoms with E-state index in [1.54, 1.807) is 6.20 Å². The summed E-state index contributed by atoms with van der Waals surface area (Å²) in [5.41, 5.74) is 3.14. The Morgan fingerprint density at radius 3 is 2.35 bits per heavy atom. The van der Waals surface area contributed by atoms with Crippen molar-refractivity contribution in [2.45, 2.75) is 45.3 Å². The first kappa shape index (κ1) is 17.5. The third-order valence-corrected chi connectivity index (χ3v) is 6.34. The zero-order chi connectivity index (χ0) is 18.3. The van der Waals surface area contributed by atoms with Crippen LogP contribution in [-0.4, -0.2) is 33.2 Å². The summed E-state index contributed by atoms with van der Waals surface area (Å²) >= 11 is 0. The highest BCUT2D eigenvalue weighted by Crippen LogP contribution is 2.48. The topological polar surface area (TPSA) is 56.6 Å². The second-order valence-corrected chi connectivity index (χ2v) is 8.14.